The molecule has 0 heterocycles. The Kier molecular flexibility index (Phi) is 4.71. The largest absolute Gasteiger partial charge is 0.481 e. The summed E-state index contributed by atoms with van der Waals surface area (Å²) in [6, 6.07) is 5.15. The highest BCUT2D eigenvalue weighted by molar-refractivity contribution is 5.96. The van der Waals surface area contributed by atoms with Crippen LogP contribution in [0.5, 0.6) is 5.75 Å². The molecule has 0 unspecified atom stereocenters. The van der Waals surface area contributed by atoms with E-state index >= 15 is 0 Å². The minimum absolute atomic E-state index is 0.477. The van der Waals surface area contributed by atoms with Gasteiger partial charge in [-0.25, -0.2) is 4.79 Å². The van der Waals surface area contributed by atoms with Crippen molar-refractivity contribution < 1.29 is 14.3 Å². The van der Waals surface area contributed by atoms with Crippen LogP contribution in [0, 0.1) is 13.8 Å². The molecule has 5 heteroatoms. The molecule has 5 nitrogen and oxygen atoms in total. The lowest BCUT2D eigenvalue weighted by atomic mass is 10.1. The van der Waals surface area contributed by atoms with Gasteiger partial charge in [0, 0.05) is 7.05 Å². The number of carbonyl (C=O) groups excluding carboxylic acids is 2. The smallest absolute Gasteiger partial charge is 0.321 e. The van der Waals surface area contributed by atoms with Gasteiger partial charge in [-0.3, -0.25) is 10.1 Å². The zero-order valence-corrected chi connectivity index (χ0v) is 11.0. The highest BCUT2D eigenvalue weighted by Crippen LogP contribution is 2.19. The first-order chi connectivity index (χ1) is 8.43. The molecule has 0 aromatic heterocycles. The van der Waals surface area contributed by atoms with Gasteiger partial charge in [-0.2, -0.15) is 0 Å². The quantitative estimate of drug-likeness (QED) is 0.854. The number of rotatable bonds is 3. The number of imide groups is 1. The second kappa shape index (κ2) is 6.05. The normalized spacial score (nSPS) is 11.6. The molecule has 0 aliphatic rings. The molecule has 2 N–H and O–H groups in total. The highest BCUT2D eigenvalue weighted by atomic mass is 16.5. The van der Waals surface area contributed by atoms with Gasteiger partial charge in [0.25, 0.3) is 5.91 Å². The van der Waals surface area contributed by atoms with Gasteiger partial charge in [0.15, 0.2) is 6.10 Å². The van der Waals surface area contributed by atoms with E-state index < -0.39 is 18.0 Å². The van der Waals surface area contributed by atoms with Crippen molar-refractivity contribution in [3.63, 3.8) is 0 Å². The molecule has 0 saturated heterocycles. The van der Waals surface area contributed by atoms with Gasteiger partial charge in [0.1, 0.15) is 5.75 Å². The molecular formula is C13H18N2O3. The van der Waals surface area contributed by atoms with E-state index in [1.165, 1.54) is 7.05 Å². The number of hydrogen-bond donors (Lipinski definition) is 2. The van der Waals surface area contributed by atoms with Crippen molar-refractivity contribution in [2.24, 2.45) is 0 Å². The summed E-state index contributed by atoms with van der Waals surface area (Å²) in [4.78, 5) is 22.6. The van der Waals surface area contributed by atoms with Crippen molar-refractivity contribution in [2.75, 3.05) is 7.05 Å². The van der Waals surface area contributed by atoms with Gasteiger partial charge >= 0.3 is 6.03 Å². The maximum Gasteiger partial charge on any atom is 0.321 e. The van der Waals surface area contributed by atoms with Crippen molar-refractivity contribution in [2.45, 2.75) is 26.9 Å². The lowest BCUT2D eigenvalue weighted by molar-refractivity contribution is -0.126. The lowest BCUT2D eigenvalue weighted by Gasteiger charge is -2.15. The number of aryl methyl sites for hydroxylation is 2. The summed E-state index contributed by atoms with van der Waals surface area (Å²) < 4.78 is 5.52. The monoisotopic (exact) mass is 250 g/mol. The number of hydrogen-bond acceptors (Lipinski definition) is 3. The molecule has 1 atom stereocenters. The topological polar surface area (TPSA) is 67.4 Å². The summed E-state index contributed by atoms with van der Waals surface area (Å²) >= 11 is 0. The van der Waals surface area contributed by atoms with Crippen LogP contribution in [0.4, 0.5) is 4.79 Å². The molecule has 0 spiro atoms. The molecule has 0 saturated carbocycles. The molecule has 18 heavy (non-hydrogen) atoms. The fourth-order valence-corrected chi connectivity index (χ4v) is 1.45. The van der Waals surface area contributed by atoms with Crippen molar-refractivity contribution >= 4 is 11.9 Å². The van der Waals surface area contributed by atoms with Crippen LogP contribution < -0.4 is 15.4 Å². The average molecular weight is 250 g/mol. The first-order valence-electron chi connectivity index (χ1n) is 5.70. The van der Waals surface area contributed by atoms with E-state index in [0.717, 1.165) is 11.1 Å². The van der Waals surface area contributed by atoms with E-state index in [4.69, 9.17) is 4.74 Å². The van der Waals surface area contributed by atoms with Crippen LogP contribution in [0.1, 0.15) is 18.1 Å². The van der Waals surface area contributed by atoms with Crippen LogP contribution in [0.3, 0.4) is 0 Å². The number of urea groups is 1. The fraction of sp³-hybridized carbons (Fsp3) is 0.385. The summed E-state index contributed by atoms with van der Waals surface area (Å²) in [5.74, 6) is 0.162. The molecule has 1 aromatic rings. The molecule has 0 radical (unpaired) electrons. The predicted octanol–water partition coefficient (Wildman–Crippen LogP) is 1.53. The van der Waals surface area contributed by atoms with Crippen LogP contribution >= 0.6 is 0 Å². The third kappa shape index (κ3) is 3.76. The summed E-state index contributed by atoms with van der Waals surface area (Å²) in [5, 5.41) is 4.47. The Balaban J connectivity index is 2.66. The Hall–Kier alpha value is -2.04. The van der Waals surface area contributed by atoms with Crippen LogP contribution in [0.15, 0.2) is 18.2 Å². The van der Waals surface area contributed by atoms with Gasteiger partial charge in [-0.05, 0) is 32.4 Å². The zero-order chi connectivity index (χ0) is 13.7. The summed E-state index contributed by atoms with van der Waals surface area (Å²) in [5.41, 5.74) is 2.08. The third-order valence-electron chi connectivity index (χ3n) is 2.47. The third-order valence-corrected chi connectivity index (χ3v) is 2.47. The molecule has 98 valence electrons. The maximum absolute atomic E-state index is 11.6. The lowest BCUT2D eigenvalue weighted by Crippen LogP contribution is -2.44. The van der Waals surface area contributed by atoms with Gasteiger partial charge in [-0.15, -0.1) is 0 Å². The van der Waals surface area contributed by atoms with Crippen molar-refractivity contribution in [1.82, 2.24) is 10.6 Å². The molecule has 3 amide bonds. The van der Waals surface area contributed by atoms with Crippen molar-refractivity contribution in [3.8, 4) is 5.75 Å². The van der Waals surface area contributed by atoms with Crippen LogP contribution in [0.25, 0.3) is 0 Å². The highest BCUT2D eigenvalue weighted by Gasteiger charge is 2.17. The van der Waals surface area contributed by atoms with Crippen LogP contribution in [-0.4, -0.2) is 25.1 Å². The molecular weight excluding hydrogens is 232 g/mol. The molecule has 0 aliphatic carbocycles. The molecule has 0 aliphatic heterocycles. The van der Waals surface area contributed by atoms with Crippen LogP contribution in [-0.2, 0) is 4.79 Å². The Morgan fingerprint density at radius 3 is 2.50 bits per heavy atom. The Labute approximate surface area is 107 Å². The van der Waals surface area contributed by atoms with Crippen molar-refractivity contribution in [1.29, 1.82) is 0 Å². The molecule has 0 bridgehead atoms. The van der Waals surface area contributed by atoms with Gasteiger partial charge in [0.05, 0.1) is 0 Å². The van der Waals surface area contributed by atoms with E-state index in [0.29, 0.717) is 5.75 Å². The Bertz CT molecular complexity index is 458. The average Bonchev–Trinajstić information content (AvgIpc) is 2.32. The summed E-state index contributed by atoms with van der Waals surface area (Å²) in [6.07, 6.45) is -0.733. The predicted molar refractivity (Wildman–Crippen MR) is 68.6 cm³/mol. The first-order valence-corrected chi connectivity index (χ1v) is 5.70. The van der Waals surface area contributed by atoms with Gasteiger partial charge < -0.3 is 10.1 Å². The zero-order valence-electron chi connectivity index (χ0n) is 11.0. The number of carbonyl (C=O) groups is 2. The van der Waals surface area contributed by atoms with Crippen LogP contribution in [0.2, 0.25) is 0 Å². The standard InChI is InChI=1S/C13H18N2O3/c1-8-5-6-11(9(2)7-8)18-10(3)12(16)15-13(17)14-4/h5-7,10H,1-4H3,(H2,14,15,16,17)/t10-/m0/s1. The second-order valence-corrected chi connectivity index (χ2v) is 4.10. The molecule has 1 aromatic carbocycles. The van der Waals surface area contributed by atoms with E-state index in [-0.39, 0.29) is 0 Å². The van der Waals surface area contributed by atoms with E-state index in [1.807, 2.05) is 32.0 Å². The number of amides is 3. The summed E-state index contributed by atoms with van der Waals surface area (Å²) in [6.45, 7) is 5.49. The summed E-state index contributed by atoms with van der Waals surface area (Å²) in [7, 11) is 1.44. The SMILES string of the molecule is CNC(=O)NC(=O)[C@H](C)Oc1ccc(C)cc1C. The minimum atomic E-state index is -0.733. The maximum atomic E-state index is 11.6. The van der Waals surface area contributed by atoms with E-state index in [1.54, 1.807) is 6.92 Å². The van der Waals surface area contributed by atoms with E-state index in [9.17, 15) is 9.59 Å². The minimum Gasteiger partial charge on any atom is -0.481 e. The van der Waals surface area contributed by atoms with Gasteiger partial charge in [-0.1, -0.05) is 17.7 Å². The number of ether oxygens (including phenoxy) is 1. The Morgan fingerprint density at radius 1 is 1.28 bits per heavy atom. The second-order valence-electron chi connectivity index (χ2n) is 4.10. The molecule has 1 rings (SSSR count). The number of benzene rings is 1. The molecule has 0 fully saturated rings. The van der Waals surface area contributed by atoms with Gasteiger partial charge in [0.2, 0.25) is 0 Å². The van der Waals surface area contributed by atoms with Crippen molar-refractivity contribution in [3.05, 3.63) is 29.3 Å². The Morgan fingerprint density at radius 2 is 1.94 bits per heavy atom. The number of nitrogens with one attached hydrogen (secondary N) is 2. The van der Waals surface area contributed by atoms with E-state index in [2.05, 4.69) is 10.6 Å². The fourth-order valence-electron chi connectivity index (χ4n) is 1.45. The first kappa shape index (κ1) is 14.0.